The van der Waals surface area contributed by atoms with E-state index in [0.717, 1.165) is 10.2 Å². The van der Waals surface area contributed by atoms with Gasteiger partial charge in [-0.3, -0.25) is 0 Å². The van der Waals surface area contributed by atoms with Gasteiger partial charge in [-0.05, 0) is 5.75 Å². The minimum Gasteiger partial charge on any atom is -0.330 e. The van der Waals surface area contributed by atoms with Gasteiger partial charge in [-0.1, -0.05) is 0 Å². The van der Waals surface area contributed by atoms with E-state index < -0.39 is 0 Å². The van der Waals surface area contributed by atoms with E-state index in [4.69, 9.17) is 0 Å². The first-order valence-corrected chi connectivity index (χ1v) is 5.34. The topological polar surface area (TPSA) is 0 Å². The summed E-state index contributed by atoms with van der Waals surface area (Å²) in [6.07, 6.45) is 0. The molecule has 0 bridgehead atoms. The van der Waals surface area contributed by atoms with Gasteiger partial charge >= 0.3 is 0 Å². The fourth-order valence-electron chi connectivity index (χ4n) is 0.505. The molecule has 10 heavy (non-hydrogen) atoms. The van der Waals surface area contributed by atoms with Gasteiger partial charge in [0.15, 0.2) is 0 Å². The summed E-state index contributed by atoms with van der Waals surface area (Å²) in [7, 11) is 6.67. The highest BCUT2D eigenvalue weighted by molar-refractivity contribution is 8.00. The smallest absolute Gasteiger partial charge is 0.0872 e. The van der Waals surface area contributed by atoms with Gasteiger partial charge in [-0.15, -0.1) is 0 Å². The van der Waals surface area contributed by atoms with Gasteiger partial charge in [-0.2, -0.15) is 24.4 Å². The van der Waals surface area contributed by atoms with Crippen LogP contribution in [0.3, 0.4) is 0 Å². The molecule has 0 aromatic rings. The first-order valence-electron chi connectivity index (χ1n) is 3.55. The summed E-state index contributed by atoms with van der Waals surface area (Å²) in [6, 6.07) is 0. The van der Waals surface area contributed by atoms with Gasteiger partial charge in [-0.25, -0.2) is 0 Å². The van der Waals surface area contributed by atoms with Crippen LogP contribution < -0.4 is 0 Å². The van der Waals surface area contributed by atoms with Crippen molar-refractivity contribution in [2.75, 3.05) is 44.9 Å². The number of quaternary nitrogens is 1. The predicted molar refractivity (Wildman–Crippen MR) is 54.1 cm³/mol. The van der Waals surface area contributed by atoms with Gasteiger partial charge in [0.2, 0.25) is 0 Å². The van der Waals surface area contributed by atoms with Crippen LogP contribution in [0.5, 0.6) is 0 Å². The first kappa shape index (κ1) is 10.7. The Morgan fingerprint density at radius 3 is 2.20 bits per heavy atom. The quantitative estimate of drug-likeness (QED) is 0.379. The molecule has 3 heteroatoms. The molecule has 62 valence electrons. The zero-order chi connectivity index (χ0) is 8.04. The third-order valence-corrected chi connectivity index (χ3v) is 2.63. The van der Waals surface area contributed by atoms with Crippen LogP contribution in [0, 0.1) is 0 Å². The van der Waals surface area contributed by atoms with Crippen LogP contribution in [-0.4, -0.2) is 49.4 Å². The molecule has 0 saturated heterocycles. The normalized spacial score (nSPS) is 12.0. The van der Waals surface area contributed by atoms with Crippen LogP contribution in [0.1, 0.15) is 0 Å². The maximum Gasteiger partial charge on any atom is 0.0872 e. The maximum absolute atomic E-state index is 4.14. The third-order valence-electron chi connectivity index (χ3n) is 1.14. The van der Waals surface area contributed by atoms with Crippen molar-refractivity contribution in [2.24, 2.45) is 0 Å². The Hall–Kier alpha value is 0.660. The predicted octanol–water partition coefficient (Wildman–Crippen LogP) is 1.36. The summed E-state index contributed by atoms with van der Waals surface area (Å²) in [5, 5.41) is 0. The van der Waals surface area contributed by atoms with Gasteiger partial charge in [0.25, 0.3) is 0 Å². The maximum atomic E-state index is 4.14. The Morgan fingerprint density at radius 1 is 1.20 bits per heavy atom. The van der Waals surface area contributed by atoms with E-state index in [1.54, 1.807) is 0 Å². The molecule has 0 heterocycles. The van der Waals surface area contributed by atoms with Crippen molar-refractivity contribution in [3.05, 3.63) is 0 Å². The Morgan fingerprint density at radius 2 is 1.80 bits per heavy atom. The number of hydrogen-bond acceptors (Lipinski definition) is 2. The molecule has 0 amide bonds. The first-order chi connectivity index (χ1) is 4.56. The number of rotatable bonds is 5. The van der Waals surface area contributed by atoms with Crippen molar-refractivity contribution < 1.29 is 4.48 Å². The van der Waals surface area contributed by atoms with E-state index in [1.807, 2.05) is 11.8 Å². The van der Waals surface area contributed by atoms with E-state index in [2.05, 4.69) is 33.8 Å². The lowest BCUT2D eigenvalue weighted by Gasteiger charge is -2.23. The molecule has 0 aromatic heterocycles. The average Bonchev–Trinajstić information content (AvgIpc) is 1.78. The summed E-state index contributed by atoms with van der Waals surface area (Å²) < 4.78 is 1.07. The van der Waals surface area contributed by atoms with Crippen LogP contribution in [0.4, 0.5) is 0 Å². The summed E-state index contributed by atoms with van der Waals surface area (Å²) >= 11 is 6.13. The summed E-state index contributed by atoms with van der Waals surface area (Å²) in [5.74, 6) is 3.44. The van der Waals surface area contributed by atoms with E-state index in [9.17, 15) is 0 Å². The van der Waals surface area contributed by atoms with Crippen LogP contribution in [0.15, 0.2) is 0 Å². The highest BCUT2D eigenvalue weighted by Gasteiger charge is 2.04. The minimum absolute atomic E-state index is 1.00. The largest absolute Gasteiger partial charge is 0.330 e. The zero-order valence-corrected chi connectivity index (χ0v) is 8.84. The molecule has 0 fully saturated rings. The van der Waals surface area contributed by atoms with Crippen LogP contribution >= 0.6 is 24.4 Å². The molecule has 0 radical (unpaired) electrons. The van der Waals surface area contributed by atoms with Crippen LogP contribution in [0.2, 0.25) is 0 Å². The average molecular weight is 180 g/mol. The molecule has 0 aliphatic rings. The van der Waals surface area contributed by atoms with E-state index >= 15 is 0 Å². The molecule has 0 rings (SSSR count). The zero-order valence-electron chi connectivity index (χ0n) is 7.13. The van der Waals surface area contributed by atoms with Crippen molar-refractivity contribution in [2.45, 2.75) is 0 Å². The van der Waals surface area contributed by atoms with Crippen molar-refractivity contribution in [1.29, 1.82) is 0 Å². The molecule has 1 nitrogen and oxygen atoms in total. The van der Waals surface area contributed by atoms with E-state index in [1.165, 1.54) is 18.1 Å². The molecule has 0 spiro atoms. The highest BCUT2D eigenvalue weighted by atomic mass is 32.2. The fraction of sp³-hybridized carbons (Fsp3) is 1.00. The van der Waals surface area contributed by atoms with Crippen LogP contribution in [-0.2, 0) is 0 Å². The van der Waals surface area contributed by atoms with Gasteiger partial charge in [0.1, 0.15) is 0 Å². The molecule has 0 aliphatic heterocycles. The van der Waals surface area contributed by atoms with Crippen molar-refractivity contribution in [1.82, 2.24) is 0 Å². The summed E-state index contributed by atoms with van der Waals surface area (Å²) in [4.78, 5) is 0. The van der Waals surface area contributed by atoms with Gasteiger partial charge < -0.3 is 4.48 Å². The van der Waals surface area contributed by atoms with Crippen molar-refractivity contribution in [3.63, 3.8) is 0 Å². The molecular weight excluding hydrogens is 162 g/mol. The monoisotopic (exact) mass is 180 g/mol. The summed E-state index contributed by atoms with van der Waals surface area (Å²) in [5.41, 5.74) is 0. The Kier molecular flexibility index (Phi) is 5.68. The minimum atomic E-state index is 1.00. The van der Waals surface area contributed by atoms with E-state index in [0.29, 0.717) is 0 Å². The SMILES string of the molecule is C[N+](C)(C)CCSCCS. The second-order valence-electron chi connectivity index (χ2n) is 3.35. The number of thioether (sulfide) groups is 1. The van der Waals surface area contributed by atoms with Crippen LogP contribution in [0.25, 0.3) is 0 Å². The molecule has 0 saturated carbocycles. The van der Waals surface area contributed by atoms with Crippen molar-refractivity contribution in [3.8, 4) is 0 Å². The van der Waals surface area contributed by atoms with E-state index in [-0.39, 0.29) is 0 Å². The molecule has 0 unspecified atom stereocenters. The fourth-order valence-corrected chi connectivity index (χ4v) is 1.90. The Balaban J connectivity index is 3.04. The van der Waals surface area contributed by atoms with Gasteiger partial charge in [0, 0.05) is 11.5 Å². The molecule has 0 atom stereocenters. The lowest BCUT2D eigenvalue weighted by atomic mass is 10.6. The lowest BCUT2D eigenvalue weighted by molar-refractivity contribution is -0.867. The number of hydrogen-bond donors (Lipinski definition) is 1. The standard InChI is InChI=1S/C7H17NS2/c1-8(2,3)4-6-10-7-5-9/h4-7H2,1-3H3/p+1. The lowest BCUT2D eigenvalue weighted by Crippen LogP contribution is -2.36. The third kappa shape index (κ3) is 8.66. The second kappa shape index (κ2) is 5.33. The Bertz CT molecular complexity index is 78.2. The highest BCUT2D eigenvalue weighted by Crippen LogP contribution is 2.02. The molecule has 0 aromatic carbocycles. The van der Waals surface area contributed by atoms with Gasteiger partial charge in [0.05, 0.1) is 27.7 Å². The summed E-state index contributed by atoms with van der Waals surface area (Å²) in [6.45, 7) is 1.25. The Labute approximate surface area is 74.2 Å². The molecular formula is C7H18NS2+. The second-order valence-corrected chi connectivity index (χ2v) is 5.02. The van der Waals surface area contributed by atoms with Crippen molar-refractivity contribution >= 4 is 24.4 Å². The number of nitrogens with zero attached hydrogens (tertiary/aromatic N) is 1. The number of thiol groups is 1. The molecule has 0 aliphatic carbocycles. The molecule has 0 N–H and O–H groups in total.